The number of H-pyrrole nitrogens is 1. The second-order valence-corrected chi connectivity index (χ2v) is 8.18. The van der Waals surface area contributed by atoms with Crippen molar-refractivity contribution in [1.82, 2.24) is 29.3 Å². The minimum atomic E-state index is -0.274. The Kier molecular flexibility index (Phi) is 4.88. The van der Waals surface area contributed by atoms with Crippen LogP contribution in [0.15, 0.2) is 46.0 Å². The number of nitrogens with zero attached hydrogens (tertiary/aromatic N) is 5. The molecule has 1 aromatic carbocycles. The van der Waals surface area contributed by atoms with Gasteiger partial charge in [-0.05, 0) is 32.3 Å². The van der Waals surface area contributed by atoms with Crippen molar-refractivity contribution in [2.75, 3.05) is 6.54 Å². The maximum absolute atomic E-state index is 13.2. The van der Waals surface area contributed by atoms with Gasteiger partial charge in [-0.15, -0.1) is 0 Å². The Bertz CT molecular complexity index is 1460. The van der Waals surface area contributed by atoms with E-state index in [4.69, 9.17) is 0 Å². The standard InChI is InChI=1S/C23H24N6O3/c1-3-15-11-21(30)29-20(24-15)12-18(26-29)19-9-6-10-27(19)22(31)13-28-23(32)17-8-5-4-7-16(17)14(2)25-28/h4-5,7-8,11-12,19,26H,3,6,9-10,13H2,1-2H3. The van der Waals surface area contributed by atoms with Crippen molar-refractivity contribution in [2.45, 2.75) is 45.7 Å². The summed E-state index contributed by atoms with van der Waals surface area (Å²) < 4.78 is 2.66. The number of likely N-dealkylation sites (tertiary alicyclic amines) is 1. The molecule has 1 unspecified atom stereocenters. The number of benzene rings is 1. The fraction of sp³-hybridized carbons (Fsp3) is 0.348. The lowest BCUT2D eigenvalue weighted by Crippen LogP contribution is -2.37. The Balaban J connectivity index is 1.46. The number of aromatic amines is 1. The molecule has 1 atom stereocenters. The molecule has 1 N–H and O–H groups in total. The van der Waals surface area contributed by atoms with Crippen LogP contribution in [0.25, 0.3) is 16.4 Å². The van der Waals surface area contributed by atoms with E-state index < -0.39 is 0 Å². The zero-order valence-electron chi connectivity index (χ0n) is 18.0. The van der Waals surface area contributed by atoms with Crippen LogP contribution in [0, 0.1) is 6.92 Å². The predicted octanol–water partition coefficient (Wildman–Crippen LogP) is 1.97. The van der Waals surface area contributed by atoms with E-state index in [1.807, 2.05) is 38.1 Å². The number of fused-ring (bicyclic) bond motifs is 2. The number of nitrogens with one attached hydrogen (secondary N) is 1. The quantitative estimate of drug-likeness (QED) is 0.531. The van der Waals surface area contributed by atoms with Crippen LogP contribution in [0.3, 0.4) is 0 Å². The topological polar surface area (TPSA) is 105 Å². The van der Waals surface area contributed by atoms with E-state index in [9.17, 15) is 14.4 Å². The third-order valence-corrected chi connectivity index (χ3v) is 6.16. The Labute approximate surface area is 183 Å². The second kappa shape index (κ2) is 7.74. The van der Waals surface area contributed by atoms with Crippen molar-refractivity contribution >= 4 is 22.3 Å². The third-order valence-electron chi connectivity index (χ3n) is 6.16. The number of amides is 1. The zero-order valence-corrected chi connectivity index (χ0v) is 18.0. The molecule has 4 aromatic rings. The van der Waals surface area contributed by atoms with Crippen LogP contribution in [0.2, 0.25) is 0 Å². The SMILES string of the molecule is CCc1cc(=O)n2[nH]c(C3CCCN3C(=O)Cn3nc(C)c4ccccc4c3=O)cc2n1. The number of aryl methyl sites for hydroxylation is 2. The molecule has 1 aliphatic rings. The highest BCUT2D eigenvalue weighted by Crippen LogP contribution is 2.31. The van der Waals surface area contributed by atoms with E-state index in [-0.39, 0.29) is 29.6 Å². The first kappa shape index (κ1) is 20.2. The number of carbonyl (C=O) groups excluding carboxylic acids is 1. The minimum Gasteiger partial charge on any atom is -0.332 e. The molecule has 0 aliphatic carbocycles. The largest absolute Gasteiger partial charge is 0.332 e. The van der Waals surface area contributed by atoms with Gasteiger partial charge in [0.25, 0.3) is 11.1 Å². The Morgan fingerprint density at radius 3 is 2.75 bits per heavy atom. The first-order valence-electron chi connectivity index (χ1n) is 10.8. The van der Waals surface area contributed by atoms with Gasteiger partial charge in [0.1, 0.15) is 6.54 Å². The molecule has 3 aromatic heterocycles. The van der Waals surface area contributed by atoms with Gasteiger partial charge in [-0.3, -0.25) is 19.5 Å². The molecule has 1 saturated heterocycles. The smallest absolute Gasteiger partial charge is 0.275 e. The molecule has 9 heteroatoms. The van der Waals surface area contributed by atoms with Crippen LogP contribution in [0.4, 0.5) is 0 Å². The molecule has 164 valence electrons. The van der Waals surface area contributed by atoms with Crippen LogP contribution in [-0.4, -0.2) is 41.7 Å². The van der Waals surface area contributed by atoms with Gasteiger partial charge in [-0.1, -0.05) is 25.1 Å². The van der Waals surface area contributed by atoms with Crippen molar-refractivity contribution in [1.29, 1.82) is 0 Å². The summed E-state index contributed by atoms with van der Waals surface area (Å²) in [5.41, 5.74) is 2.31. The van der Waals surface area contributed by atoms with E-state index in [0.717, 1.165) is 29.6 Å². The summed E-state index contributed by atoms with van der Waals surface area (Å²) in [5.74, 6) is -0.176. The fourth-order valence-corrected chi connectivity index (χ4v) is 4.53. The average Bonchev–Trinajstić information content (AvgIpc) is 3.44. The molecule has 1 amide bonds. The molecule has 0 radical (unpaired) electrons. The average molecular weight is 432 g/mol. The molecular formula is C23H24N6O3. The monoisotopic (exact) mass is 432 g/mol. The molecule has 0 spiro atoms. The minimum absolute atomic E-state index is 0.126. The predicted molar refractivity (Wildman–Crippen MR) is 120 cm³/mol. The lowest BCUT2D eigenvalue weighted by atomic mass is 10.1. The van der Waals surface area contributed by atoms with Crippen molar-refractivity contribution in [3.8, 4) is 0 Å². The van der Waals surface area contributed by atoms with Gasteiger partial charge >= 0.3 is 0 Å². The molecule has 4 heterocycles. The summed E-state index contributed by atoms with van der Waals surface area (Å²) >= 11 is 0. The van der Waals surface area contributed by atoms with Gasteiger partial charge in [-0.25, -0.2) is 14.2 Å². The fourth-order valence-electron chi connectivity index (χ4n) is 4.53. The summed E-state index contributed by atoms with van der Waals surface area (Å²) in [7, 11) is 0. The number of rotatable bonds is 4. The van der Waals surface area contributed by atoms with Gasteiger partial charge in [-0.2, -0.15) is 5.10 Å². The Hall–Kier alpha value is -3.75. The molecule has 1 fully saturated rings. The van der Waals surface area contributed by atoms with Gasteiger partial charge in [0.05, 0.1) is 22.8 Å². The first-order valence-corrected chi connectivity index (χ1v) is 10.8. The van der Waals surface area contributed by atoms with Crippen LogP contribution in [-0.2, 0) is 17.8 Å². The van der Waals surface area contributed by atoms with Crippen molar-refractivity contribution in [3.63, 3.8) is 0 Å². The first-order chi connectivity index (χ1) is 15.5. The highest BCUT2D eigenvalue weighted by molar-refractivity contribution is 5.83. The van der Waals surface area contributed by atoms with E-state index in [2.05, 4.69) is 15.2 Å². The van der Waals surface area contributed by atoms with Gasteiger partial charge in [0.15, 0.2) is 5.65 Å². The third kappa shape index (κ3) is 3.30. The van der Waals surface area contributed by atoms with Crippen LogP contribution >= 0.6 is 0 Å². The van der Waals surface area contributed by atoms with E-state index in [0.29, 0.717) is 29.7 Å². The molecule has 0 saturated carbocycles. The van der Waals surface area contributed by atoms with Crippen molar-refractivity contribution < 1.29 is 4.79 Å². The highest BCUT2D eigenvalue weighted by atomic mass is 16.2. The molecule has 5 rings (SSSR count). The second-order valence-electron chi connectivity index (χ2n) is 8.18. The van der Waals surface area contributed by atoms with Gasteiger partial charge < -0.3 is 4.90 Å². The molecule has 1 aliphatic heterocycles. The van der Waals surface area contributed by atoms with E-state index >= 15 is 0 Å². The van der Waals surface area contributed by atoms with Crippen LogP contribution in [0.1, 0.15) is 42.9 Å². The van der Waals surface area contributed by atoms with Crippen LogP contribution in [0.5, 0.6) is 0 Å². The molecular weight excluding hydrogens is 408 g/mol. The number of hydrogen-bond donors (Lipinski definition) is 1. The number of aromatic nitrogens is 5. The van der Waals surface area contributed by atoms with Gasteiger partial charge in [0.2, 0.25) is 5.91 Å². The lowest BCUT2D eigenvalue weighted by Gasteiger charge is -2.24. The highest BCUT2D eigenvalue weighted by Gasteiger charge is 2.32. The number of hydrogen-bond acceptors (Lipinski definition) is 5. The number of carbonyl (C=O) groups is 1. The van der Waals surface area contributed by atoms with Gasteiger partial charge in [0, 0.05) is 29.8 Å². The van der Waals surface area contributed by atoms with Crippen LogP contribution < -0.4 is 11.1 Å². The normalized spacial score (nSPS) is 16.3. The summed E-state index contributed by atoms with van der Waals surface area (Å²) in [6, 6.07) is 10.4. The van der Waals surface area contributed by atoms with Crippen molar-refractivity contribution in [3.05, 3.63) is 74.2 Å². The zero-order chi connectivity index (χ0) is 22.4. The lowest BCUT2D eigenvalue weighted by molar-refractivity contribution is -0.133. The molecule has 32 heavy (non-hydrogen) atoms. The Morgan fingerprint density at radius 2 is 1.97 bits per heavy atom. The van der Waals surface area contributed by atoms with E-state index in [1.165, 1.54) is 15.3 Å². The summed E-state index contributed by atoms with van der Waals surface area (Å²) in [6.07, 6.45) is 2.29. The maximum Gasteiger partial charge on any atom is 0.275 e. The Morgan fingerprint density at radius 1 is 1.19 bits per heavy atom. The molecule has 9 nitrogen and oxygen atoms in total. The molecule has 0 bridgehead atoms. The van der Waals surface area contributed by atoms with Crippen molar-refractivity contribution in [2.24, 2.45) is 0 Å². The summed E-state index contributed by atoms with van der Waals surface area (Å²) in [5, 5.41) is 8.83. The van der Waals surface area contributed by atoms with E-state index in [1.54, 1.807) is 11.0 Å². The summed E-state index contributed by atoms with van der Waals surface area (Å²) in [4.78, 5) is 44.7. The maximum atomic E-state index is 13.2. The summed E-state index contributed by atoms with van der Waals surface area (Å²) in [6.45, 7) is 4.25.